The third kappa shape index (κ3) is 5.49. The molecule has 12 nitrogen and oxygen atoms in total. The Kier molecular flexibility index (Phi) is 7.82. The first-order chi connectivity index (χ1) is 19.7. The number of alkyl halides is 2. The maximum absolute atomic E-state index is 15.6. The van der Waals surface area contributed by atoms with E-state index in [0.29, 0.717) is 52.0 Å². The summed E-state index contributed by atoms with van der Waals surface area (Å²) in [6.45, 7) is 2.78. The highest BCUT2D eigenvalue weighted by molar-refractivity contribution is 6.18. The number of aliphatic carboxylic acids is 1. The predicted molar refractivity (Wildman–Crippen MR) is 141 cm³/mol. The number of azide groups is 1. The quantitative estimate of drug-likeness (QED) is 0.211. The van der Waals surface area contributed by atoms with Crippen molar-refractivity contribution in [2.75, 3.05) is 39.3 Å². The number of cyclic esters (lactones) is 1. The highest BCUT2D eigenvalue weighted by Crippen LogP contribution is 2.43. The number of rotatable bonds is 7. The highest BCUT2D eigenvalue weighted by Gasteiger charge is 2.51. The molecule has 0 radical (unpaired) electrons. The van der Waals surface area contributed by atoms with Gasteiger partial charge in [-0.05, 0) is 44.1 Å². The largest absolute Gasteiger partial charge is 0.478 e. The van der Waals surface area contributed by atoms with Gasteiger partial charge in [-0.15, -0.1) is 0 Å². The van der Waals surface area contributed by atoms with Crippen LogP contribution in [-0.4, -0.2) is 130 Å². The maximum Gasteiger partial charge on any atom is 0.410 e. The Labute approximate surface area is 236 Å². The highest BCUT2D eigenvalue weighted by atomic mass is 19.1. The monoisotopic (exact) mass is 577 g/mol. The van der Waals surface area contributed by atoms with Crippen LogP contribution in [0.4, 0.5) is 13.6 Å². The second kappa shape index (κ2) is 11.4. The Morgan fingerprint density at radius 1 is 0.976 bits per heavy atom. The Bertz CT molecular complexity index is 1140. The van der Waals surface area contributed by atoms with Gasteiger partial charge in [0.1, 0.15) is 24.0 Å². The molecule has 0 aromatic carbocycles. The molecule has 6 aliphatic rings. The van der Waals surface area contributed by atoms with Crippen molar-refractivity contribution in [3.8, 4) is 0 Å². The Morgan fingerprint density at radius 3 is 2.27 bits per heavy atom. The molecule has 6 rings (SSSR count). The van der Waals surface area contributed by atoms with Gasteiger partial charge >= 0.3 is 12.1 Å². The first-order valence-electron chi connectivity index (χ1n) is 14.8. The number of Topliss-reactive ketones (excluding diaryl/α,β-unsaturated/α-hetero) is 1. The Hall–Kier alpha value is -2.96. The summed E-state index contributed by atoms with van der Waals surface area (Å²) in [6.07, 6.45) is 2.06. The fraction of sp³-hybridized carbons (Fsp3) is 0.815. The standard InChI is InChI=1S/C27H37F2N7O5/c28-20-9-16(36-13-17(12-31-32-30)41-27(36)40)3-4-22(20)33-5-7-34(8-6-33)24-11-23-18(10-21(24)29)25(37)19(26(38)39)14-35(23)15-1-2-15/h14-18,20-24H,1-13H2,(H,38,39)/t16?,17-,18?,20?,21?,22?,23?,24?/m0/s1. The molecule has 3 saturated carbocycles. The molecular weight excluding hydrogens is 540 g/mol. The zero-order valence-electron chi connectivity index (χ0n) is 22.9. The van der Waals surface area contributed by atoms with Crippen LogP contribution >= 0.6 is 0 Å². The number of carboxylic acids is 1. The predicted octanol–water partition coefficient (Wildman–Crippen LogP) is 2.50. The average Bonchev–Trinajstić information content (AvgIpc) is 3.73. The summed E-state index contributed by atoms with van der Waals surface area (Å²) in [7, 11) is 0. The molecule has 8 atom stereocenters. The summed E-state index contributed by atoms with van der Waals surface area (Å²) in [5.74, 6) is -2.34. The minimum absolute atomic E-state index is 0.0292. The van der Waals surface area contributed by atoms with E-state index in [0.717, 1.165) is 12.8 Å². The summed E-state index contributed by atoms with van der Waals surface area (Å²) in [5.41, 5.74) is 8.27. The van der Waals surface area contributed by atoms with Crippen molar-refractivity contribution < 1.29 is 33.0 Å². The lowest BCUT2D eigenvalue weighted by Crippen LogP contribution is -2.62. The maximum atomic E-state index is 15.6. The van der Waals surface area contributed by atoms with E-state index in [9.17, 15) is 19.5 Å². The number of ether oxygens (including phenoxy) is 1. The van der Waals surface area contributed by atoms with E-state index in [1.165, 1.54) is 6.20 Å². The van der Waals surface area contributed by atoms with Crippen molar-refractivity contribution in [1.29, 1.82) is 0 Å². The molecule has 0 aromatic heterocycles. The number of amides is 1. The van der Waals surface area contributed by atoms with Crippen LogP contribution in [-0.2, 0) is 14.3 Å². The van der Waals surface area contributed by atoms with Gasteiger partial charge in [-0.1, -0.05) is 5.11 Å². The van der Waals surface area contributed by atoms with Crippen LogP contribution in [0.3, 0.4) is 0 Å². The van der Waals surface area contributed by atoms with Crippen LogP contribution in [0, 0.1) is 5.92 Å². The van der Waals surface area contributed by atoms with Crippen molar-refractivity contribution in [1.82, 2.24) is 19.6 Å². The molecule has 1 amide bonds. The lowest BCUT2D eigenvalue weighted by Gasteiger charge is -2.51. The molecule has 224 valence electrons. The number of carbonyl (C=O) groups excluding carboxylic acids is 2. The van der Waals surface area contributed by atoms with Crippen molar-refractivity contribution in [2.24, 2.45) is 11.0 Å². The molecule has 1 N–H and O–H groups in total. The fourth-order valence-corrected chi connectivity index (χ4v) is 7.76. The summed E-state index contributed by atoms with van der Waals surface area (Å²) in [5, 5.41) is 13.0. The molecule has 3 heterocycles. The van der Waals surface area contributed by atoms with Gasteiger partial charge in [0.25, 0.3) is 0 Å². The fourth-order valence-electron chi connectivity index (χ4n) is 7.76. The van der Waals surface area contributed by atoms with E-state index in [4.69, 9.17) is 10.3 Å². The second-order valence-electron chi connectivity index (χ2n) is 12.3. The number of nitrogens with zero attached hydrogens (tertiary/aromatic N) is 7. The number of carboxylic acid groups (broad SMARTS) is 1. The topological polar surface area (TPSA) is 142 Å². The number of carbonyl (C=O) groups is 3. The number of hydrogen-bond acceptors (Lipinski definition) is 8. The van der Waals surface area contributed by atoms with E-state index < -0.39 is 42.2 Å². The van der Waals surface area contributed by atoms with Gasteiger partial charge in [0, 0.05) is 79.8 Å². The van der Waals surface area contributed by atoms with Crippen LogP contribution in [0.2, 0.25) is 0 Å². The summed E-state index contributed by atoms with van der Waals surface area (Å²) in [6, 6.07) is -0.846. The van der Waals surface area contributed by atoms with Crippen molar-refractivity contribution in [2.45, 2.75) is 93.6 Å². The normalized spacial score (nSPS) is 38.6. The van der Waals surface area contributed by atoms with E-state index >= 15 is 8.78 Å². The molecule has 41 heavy (non-hydrogen) atoms. The molecular formula is C27H37F2N7O5. The molecule has 0 aromatic rings. The number of halogens is 2. The van der Waals surface area contributed by atoms with Gasteiger partial charge in [-0.2, -0.15) is 0 Å². The van der Waals surface area contributed by atoms with Gasteiger partial charge in [0.2, 0.25) is 0 Å². The van der Waals surface area contributed by atoms with Gasteiger partial charge in [0.05, 0.1) is 13.1 Å². The number of fused-ring (bicyclic) bond motifs is 1. The van der Waals surface area contributed by atoms with E-state index in [1.807, 2.05) is 4.90 Å². The molecule has 14 heteroatoms. The minimum Gasteiger partial charge on any atom is -0.478 e. The lowest BCUT2D eigenvalue weighted by molar-refractivity contribution is -0.138. The van der Waals surface area contributed by atoms with Crippen LogP contribution in [0.5, 0.6) is 0 Å². The molecule has 0 bridgehead atoms. The van der Waals surface area contributed by atoms with E-state index in [2.05, 4.69) is 19.8 Å². The van der Waals surface area contributed by atoms with Crippen molar-refractivity contribution in [3.63, 3.8) is 0 Å². The molecule has 3 aliphatic carbocycles. The van der Waals surface area contributed by atoms with Gasteiger partial charge in [-0.25, -0.2) is 18.4 Å². The minimum atomic E-state index is -1.25. The first-order valence-corrected chi connectivity index (χ1v) is 14.8. The van der Waals surface area contributed by atoms with Crippen molar-refractivity contribution in [3.05, 3.63) is 22.2 Å². The molecule has 2 saturated heterocycles. The first kappa shape index (κ1) is 28.2. The van der Waals surface area contributed by atoms with Crippen LogP contribution in [0.15, 0.2) is 16.9 Å². The van der Waals surface area contributed by atoms with E-state index in [1.54, 1.807) is 4.90 Å². The molecule has 5 fully saturated rings. The van der Waals surface area contributed by atoms with Gasteiger partial charge < -0.3 is 19.6 Å². The second-order valence-corrected chi connectivity index (χ2v) is 12.3. The van der Waals surface area contributed by atoms with Gasteiger partial charge in [-0.3, -0.25) is 14.6 Å². The number of piperazine rings is 1. The Balaban J connectivity index is 1.04. The van der Waals surface area contributed by atoms with Crippen molar-refractivity contribution >= 4 is 17.8 Å². The summed E-state index contributed by atoms with van der Waals surface area (Å²) >= 11 is 0. The third-order valence-corrected chi connectivity index (χ3v) is 10.00. The third-order valence-electron chi connectivity index (χ3n) is 10.00. The molecule has 7 unspecified atom stereocenters. The molecule has 3 aliphatic heterocycles. The van der Waals surface area contributed by atoms with Crippen LogP contribution in [0.25, 0.3) is 10.4 Å². The number of hydrogen-bond donors (Lipinski definition) is 1. The van der Waals surface area contributed by atoms with Crippen LogP contribution < -0.4 is 0 Å². The smallest absolute Gasteiger partial charge is 0.410 e. The van der Waals surface area contributed by atoms with Gasteiger partial charge in [0.15, 0.2) is 5.78 Å². The zero-order valence-corrected chi connectivity index (χ0v) is 22.9. The van der Waals surface area contributed by atoms with Crippen LogP contribution in [0.1, 0.15) is 44.9 Å². The average molecular weight is 578 g/mol. The number of ketones is 1. The summed E-state index contributed by atoms with van der Waals surface area (Å²) < 4.78 is 36.3. The SMILES string of the molecule is [N-]=[N+]=NC[C@H]1CN(C2CCC(N3CCN(C4CC5C(CC4F)C(=O)C(C(=O)O)=CN5C4CC4)CC3)C(F)C2)C(=O)O1. The van der Waals surface area contributed by atoms with E-state index in [-0.39, 0.29) is 55.2 Å². The zero-order chi connectivity index (χ0) is 28.8. The lowest BCUT2D eigenvalue weighted by atomic mass is 9.73. The Morgan fingerprint density at radius 2 is 1.63 bits per heavy atom. The molecule has 0 spiro atoms. The summed E-state index contributed by atoms with van der Waals surface area (Å²) in [4.78, 5) is 47.4.